The number of aromatic hydroxyl groups is 3. The summed E-state index contributed by atoms with van der Waals surface area (Å²) in [6.45, 7) is 2.61. The molecular weight excluding hydrogens is 476 g/mol. The first-order chi connectivity index (χ1) is 17.8. The lowest BCUT2D eigenvalue weighted by atomic mass is 9.88. The molecule has 0 radical (unpaired) electrons. The fourth-order valence-electron chi connectivity index (χ4n) is 4.88. The van der Waals surface area contributed by atoms with Gasteiger partial charge in [-0.3, -0.25) is 14.3 Å². The zero-order valence-corrected chi connectivity index (χ0v) is 20.6. The van der Waals surface area contributed by atoms with Crippen molar-refractivity contribution in [1.29, 1.82) is 0 Å². The van der Waals surface area contributed by atoms with Gasteiger partial charge >= 0.3 is 0 Å². The number of phenolic OH excluding ortho intramolecular Hbond substituents is 3. The van der Waals surface area contributed by atoms with Crippen molar-refractivity contribution in [3.05, 3.63) is 70.1 Å². The molecule has 0 spiro atoms. The molecule has 1 unspecified atom stereocenters. The van der Waals surface area contributed by atoms with Crippen LogP contribution in [0.15, 0.2) is 57.9 Å². The predicted octanol–water partition coefficient (Wildman–Crippen LogP) is 2.61. The van der Waals surface area contributed by atoms with Crippen molar-refractivity contribution in [2.45, 2.75) is 12.3 Å². The van der Waals surface area contributed by atoms with Crippen molar-refractivity contribution < 1.29 is 24.5 Å². The molecule has 5 rings (SSSR count). The Morgan fingerprint density at radius 1 is 1.00 bits per heavy atom. The zero-order chi connectivity index (χ0) is 26.3. The first-order valence-electron chi connectivity index (χ1n) is 12.0. The SMILES string of the molecule is CN1CCN(C(=O)CC(c2c(O)c(O)c(O)c3c(=O)cc(-c4ccccc4)oc23)c2ccnn2C)CC1. The number of aryl methyl sites for hydroxylation is 1. The lowest BCUT2D eigenvalue weighted by Gasteiger charge is -2.33. The van der Waals surface area contributed by atoms with Crippen LogP contribution in [0.5, 0.6) is 17.2 Å². The van der Waals surface area contributed by atoms with Crippen molar-refractivity contribution in [2.75, 3.05) is 33.2 Å². The molecule has 1 amide bonds. The summed E-state index contributed by atoms with van der Waals surface area (Å²) in [5.41, 5.74) is 0.521. The Morgan fingerprint density at radius 2 is 1.70 bits per heavy atom. The molecule has 2 aromatic carbocycles. The van der Waals surface area contributed by atoms with Crippen LogP contribution in [0.2, 0.25) is 0 Å². The molecule has 10 nitrogen and oxygen atoms in total. The number of hydrogen-bond donors (Lipinski definition) is 3. The number of carbonyl (C=O) groups is 1. The van der Waals surface area contributed by atoms with E-state index in [0.717, 1.165) is 13.1 Å². The zero-order valence-electron chi connectivity index (χ0n) is 20.6. The summed E-state index contributed by atoms with van der Waals surface area (Å²) < 4.78 is 7.71. The Kier molecular flexibility index (Phi) is 6.34. The monoisotopic (exact) mass is 504 g/mol. The number of piperazine rings is 1. The summed E-state index contributed by atoms with van der Waals surface area (Å²) in [5, 5.41) is 36.3. The summed E-state index contributed by atoms with van der Waals surface area (Å²) >= 11 is 0. The molecule has 4 aromatic rings. The summed E-state index contributed by atoms with van der Waals surface area (Å²) in [4.78, 5) is 30.5. The highest BCUT2D eigenvalue weighted by molar-refractivity contribution is 5.94. The molecule has 3 heterocycles. The highest BCUT2D eigenvalue weighted by Gasteiger charge is 2.33. The molecule has 0 aliphatic carbocycles. The second-order valence-electron chi connectivity index (χ2n) is 9.32. The van der Waals surface area contributed by atoms with Crippen LogP contribution < -0.4 is 5.43 Å². The van der Waals surface area contributed by atoms with Gasteiger partial charge in [0.2, 0.25) is 11.7 Å². The number of benzene rings is 2. The number of likely N-dealkylation sites (N-methyl/N-ethyl adjacent to an activating group) is 1. The van der Waals surface area contributed by atoms with Gasteiger partial charge in [-0.1, -0.05) is 30.3 Å². The van der Waals surface area contributed by atoms with Crippen LogP contribution in [-0.2, 0) is 11.8 Å². The van der Waals surface area contributed by atoms with Gasteiger partial charge in [0.05, 0.1) is 5.56 Å². The summed E-state index contributed by atoms with van der Waals surface area (Å²) in [5.74, 6) is -3.04. The van der Waals surface area contributed by atoms with Gasteiger partial charge in [0.1, 0.15) is 16.7 Å². The van der Waals surface area contributed by atoms with Gasteiger partial charge in [-0.25, -0.2) is 0 Å². The van der Waals surface area contributed by atoms with E-state index in [1.807, 2.05) is 13.1 Å². The largest absolute Gasteiger partial charge is 0.504 e. The maximum absolute atomic E-state index is 13.4. The molecule has 1 fully saturated rings. The van der Waals surface area contributed by atoms with Crippen LogP contribution in [0.1, 0.15) is 23.6 Å². The van der Waals surface area contributed by atoms with Crippen molar-refractivity contribution in [3.63, 3.8) is 0 Å². The van der Waals surface area contributed by atoms with Crippen LogP contribution in [-0.4, -0.2) is 74.0 Å². The third-order valence-electron chi connectivity index (χ3n) is 6.99. The lowest BCUT2D eigenvalue weighted by Crippen LogP contribution is -2.47. The van der Waals surface area contributed by atoms with Crippen molar-refractivity contribution >= 4 is 16.9 Å². The molecule has 192 valence electrons. The number of carbonyl (C=O) groups excluding carboxylic acids is 1. The number of amides is 1. The van der Waals surface area contributed by atoms with Crippen molar-refractivity contribution in [1.82, 2.24) is 19.6 Å². The van der Waals surface area contributed by atoms with Crippen LogP contribution in [0, 0.1) is 0 Å². The van der Waals surface area contributed by atoms with E-state index in [2.05, 4.69) is 10.00 Å². The number of rotatable bonds is 5. The van der Waals surface area contributed by atoms with Crippen LogP contribution >= 0.6 is 0 Å². The molecule has 0 saturated carbocycles. The summed E-state index contributed by atoms with van der Waals surface area (Å²) in [6, 6.07) is 11.9. The van der Waals surface area contributed by atoms with Crippen LogP contribution in [0.25, 0.3) is 22.3 Å². The number of fused-ring (bicyclic) bond motifs is 1. The normalized spacial score (nSPS) is 15.2. The van der Waals surface area contributed by atoms with E-state index in [1.54, 1.807) is 53.2 Å². The number of phenols is 3. The quantitative estimate of drug-likeness (QED) is 0.354. The highest BCUT2D eigenvalue weighted by atomic mass is 16.3. The van der Waals surface area contributed by atoms with Crippen molar-refractivity contribution in [3.8, 4) is 28.6 Å². The Morgan fingerprint density at radius 3 is 2.35 bits per heavy atom. The number of aromatic nitrogens is 2. The molecule has 10 heteroatoms. The van der Waals surface area contributed by atoms with Gasteiger partial charge in [0.25, 0.3) is 0 Å². The van der Waals surface area contributed by atoms with Crippen LogP contribution in [0.4, 0.5) is 0 Å². The molecule has 1 atom stereocenters. The maximum atomic E-state index is 13.4. The first-order valence-corrected chi connectivity index (χ1v) is 12.0. The highest BCUT2D eigenvalue weighted by Crippen LogP contribution is 2.49. The third kappa shape index (κ3) is 4.40. The predicted molar refractivity (Wildman–Crippen MR) is 137 cm³/mol. The Hall–Kier alpha value is -4.31. The van der Waals surface area contributed by atoms with Crippen LogP contribution in [0.3, 0.4) is 0 Å². The minimum atomic E-state index is -0.846. The smallest absolute Gasteiger partial charge is 0.223 e. The topological polar surface area (TPSA) is 132 Å². The van der Waals surface area contributed by atoms with E-state index in [0.29, 0.717) is 24.3 Å². The molecule has 1 aliphatic heterocycles. The molecular formula is C27H28N4O6. The van der Waals surface area contributed by atoms with E-state index in [4.69, 9.17) is 4.42 Å². The van der Waals surface area contributed by atoms with Crippen molar-refractivity contribution in [2.24, 2.45) is 7.05 Å². The Bertz CT molecular complexity index is 1520. The Labute approximate surface area is 212 Å². The molecule has 3 N–H and O–H groups in total. The summed E-state index contributed by atoms with van der Waals surface area (Å²) in [6.07, 6.45) is 1.49. The molecule has 0 bridgehead atoms. The van der Waals surface area contributed by atoms with Gasteiger partial charge in [0, 0.05) is 69.1 Å². The lowest BCUT2D eigenvalue weighted by molar-refractivity contribution is -0.133. The van der Waals surface area contributed by atoms with E-state index in [1.165, 1.54) is 6.07 Å². The average Bonchev–Trinajstić information content (AvgIpc) is 3.32. The van der Waals surface area contributed by atoms with Gasteiger partial charge in [-0.05, 0) is 13.1 Å². The molecule has 1 aliphatic rings. The minimum absolute atomic E-state index is 0.0336. The fourth-order valence-corrected chi connectivity index (χ4v) is 4.88. The third-order valence-corrected chi connectivity index (χ3v) is 6.99. The molecule has 37 heavy (non-hydrogen) atoms. The molecule has 2 aromatic heterocycles. The Balaban J connectivity index is 1.72. The van der Waals surface area contributed by atoms with E-state index in [9.17, 15) is 24.9 Å². The van der Waals surface area contributed by atoms with Gasteiger partial charge in [-0.15, -0.1) is 0 Å². The van der Waals surface area contributed by atoms with E-state index >= 15 is 0 Å². The second-order valence-corrected chi connectivity index (χ2v) is 9.32. The first kappa shape index (κ1) is 24.4. The summed E-state index contributed by atoms with van der Waals surface area (Å²) in [7, 11) is 3.70. The number of hydrogen-bond acceptors (Lipinski definition) is 8. The van der Waals surface area contributed by atoms with Gasteiger partial charge < -0.3 is 29.5 Å². The number of nitrogens with zero attached hydrogens (tertiary/aromatic N) is 4. The maximum Gasteiger partial charge on any atom is 0.223 e. The molecule has 1 saturated heterocycles. The average molecular weight is 505 g/mol. The van der Waals surface area contributed by atoms with E-state index in [-0.39, 0.29) is 34.6 Å². The van der Waals surface area contributed by atoms with Gasteiger partial charge in [-0.2, -0.15) is 5.10 Å². The fraction of sp³-hybridized carbons (Fsp3) is 0.296. The van der Waals surface area contributed by atoms with Gasteiger partial charge in [0.15, 0.2) is 16.9 Å². The standard InChI is InChI=1S/C27H28N4O6/c1-29-10-12-31(13-11-29)21(33)14-17(18-8-9-28-30(18)2)22-24(34)26(36)25(35)23-19(32)15-20(37-27(22)23)16-6-4-3-5-7-16/h3-9,15,17,34-36H,10-14H2,1-2H3. The van der Waals surface area contributed by atoms with E-state index < -0.39 is 28.6 Å². The second kappa shape index (κ2) is 9.62. The minimum Gasteiger partial charge on any atom is -0.504 e.